The molecule has 0 spiro atoms. The van der Waals surface area contributed by atoms with Crippen molar-refractivity contribution in [1.82, 2.24) is 5.32 Å². The lowest BCUT2D eigenvalue weighted by Crippen LogP contribution is -2.40. The van der Waals surface area contributed by atoms with E-state index in [0.717, 1.165) is 16.9 Å². The van der Waals surface area contributed by atoms with Crippen LogP contribution in [0.5, 0.6) is 0 Å². The summed E-state index contributed by atoms with van der Waals surface area (Å²) in [5.74, 6) is 0.719. The van der Waals surface area contributed by atoms with E-state index in [9.17, 15) is 9.59 Å². The van der Waals surface area contributed by atoms with Crippen molar-refractivity contribution < 1.29 is 14.3 Å². The molecule has 1 aliphatic rings. The minimum atomic E-state index is -0.722. The zero-order valence-electron chi connectivity index (χ0n) is 14.4. The van der Waals surface area contributed by atoms with E-state index in [4.69, 9.17) is 16.3 Å². The molecule has 1 unspecified atom stereocenters. The Morgan fingerprint density at radius 3 is 2.23 bits per heavy atom. The molecule has 0 heterocycles. The van der Waals surface area contributed by atoms with Gasteiger partial charge in [-0.05, 0) is 52.3 Å². The SMILES string of the molecule is CSCCC(NC(=O)OCC1c2ccccc2-c2ccccc21)C(=O)Cl. The lowest BCUT2D eigenvalue weighted by Gasteiger charge is -2.17. The topological polar surface area (TPSA) is 55.4 Å². The summed E-state index contributed by atoms with van der Waals surface area (Å²) in [4.78, 5) is 23.6. The van der Waals surface area contributed by atoms with Gasteiger partial charge in [-0.3, -0.25) is 4.79 Å². The summed E-state index contributed by atoms with van der Waals surface area (Å²) in [6.07, 6.45) is 1.79. The molecule has 1 atom stereocenters. The minimum Gasteiger partial charge on any atom is -0.449 e. The largest absolute Gasteiger partial charge is 0.449 e. The molecule has 4 nitrogen and oxygen atoms in total. The summed E-state index contributed by atoms with van der Waals surface area (Å²) in [7, 11) is 0. The molecule has 2 aromatic carbocycles. The molecule has 0 aromatic heterocycles. The monoisotopic (exact) mass is 389 g/mol. The van der Waals surface area contributed by atoms with Gasteiger partial charge in [-0.15, -0.1) is 0 Å². The van der Waals surface area contributed by atoms with Gasteiger partial charge in [0.2, 0.25) is 5.24 Å². The molecule has 26 heavy (non-hydrogen) atoms. The van der Waals surface area contributed by atoms with Gasteiger partial charge in [-0.2, -0.15) is 11.8 Å². The molecule has 3 rings (SSSR count). The zero-order valence-corrected chi connectivity index (χ0v) is 16.0. The van der Waals surface area contributed by atoms with Crippen LogP contribution in [0.2, 0.25) is 0 Å². The van der Waals surface area contributed by atoms with Crippen LogP contribution in [0.15, 0.2) is 48.5 Å². The van der Waals surface area contributed by atoms with Gasteiger partial charge in [0.1, 0.15) is 12.6 Å². The van der Waals surface area contributed by atoms with Gasteiger partial charge in [0.05, 0.1) is 0 Å². The van der Waals surface area contributed by atoms with E-state index in [2.05, 4.69) is 29.6 Å². The van der Waals surface area contributed by atoms with Gasteiger partial charge in [0.25, 0.3) is 0 Å². The first-order chi connectivity index (χ1) is 12.6. The van der Waals surface area contributed by atoms with Crippen LogP contribution < -0.4 is 5.32 Å². The number of thioether (sulfide) groups is 1. The molecule has 0 radical (unpaired) electrons. The Labute approximate surface area is 162 Å². The fraction of sp³-hybridized carbons (Fsp3) is 0.300. The second-order valence-corrected chi connectivity index (χ2v) is 7.47. The summed E-state index contributed by atoms with van der Waals surface area (Å²) in [6, 6.07) is 15.6. The Kier molecular flexibility index (Phi) is 6.22. The number of ether oxygens (including phenoxy) is 1. The Balaban J connectivity index is 1.68. The van der Waals surface area contributed by atoms with Crippen LogP contribution >= 0.6 is 23.4 Å². The number of fused-ring (bicyclic) bond motifs is 3. The first kappa shape index (κ1) is 18.8. The average molecular weight is 390 g/mol. The highest BCUT2D eigenvalue weighted by atomic mass is 35.5. The van der Waals surface area contributed by atoms with Crippen molar-refractivity contribution in [3.8, 4) is 11.1 Å². The van der Waals surface area contributed by atoms with Crippen molar-refractivity contribution in [1.29, 1.82) is 0 Å². The average Bonchev–Trinajstić information content (AvgIpc) is 2.97. The van der Waals surface area contributed by atoms with Gasteiger partial charge in [-0.1, -0.05) is 48.5 Å². The molecule has 136 valence electrons. The predicted molar refractivity (Wildman–Crippen MR) is 106 cm³/mol. The smallest absolute Gasteiger partial charge is 0.407 e. The molecular weight excluding hydrogens is 370 g/mol. The van der Waals surface area contributed by atoms with E-state index in [1.165, 1.54) is 11.1 Å². The van der Waals surface area contributed by atoms with E-state index in [1.54, 1.807) is 11.8 Å². The summed E-state index contributed by atoms with van der Waals surface area (Å²) < 4.78 is 5.43. The van der Waals surface area contributed by atoms with E-state index in [1.807, 2.05) is 30.5 Å². The molecule has 2 aromatic rings. The molecule has 0 saturated carbocycles. The number of nitrogens with one attached hydrogen (secondary N) is 1. The molecule has 0 aliphatic heterocycles. The third kappa shape index (κ3) is 4.05. The fourth-order valence-corrected chi connectivity index (χ4v) is 3.90. The van der Waals surface area contributed by atoms with Gasteiger partial charge in [-0.25, -0.2) is 4.79 Å². The van der Waals surface area contributed by atoms with Gasteiger partial charge in [0.15, 0.2) is 0 Å². The van der Waals surface area contributed by atoms with Gasteiger partial charge in [0, 0.05) is 5.92 Å². The molecule has 1 aliphatic carbocycles. The van der Waals surface area contributed by atoms with Crippen LogP contribution in [0.4, 0.5) is 4.79 Å². The molecule has 0 fully saturated rings. The Morgan fingerprint density at radius 1 is 1.12 bits per heavy atom. The first-order valence-electron chi connectivity index (χ1n) is 8.41. The van der Waals surface area contributed by atoms with E-state index in [0.29, 0.717) is 6.42 Å². The highest BCUT2D eigenvalue weighted by Crippen LogP contribution is 2.44. The number of hydrogen-bond acceptors (Lipinski definition) is 4. The maximum Gasteiger partial charge on any atom is 0.407 e. The van der Waals surface area contributed by atoms with Gasteiger partial charge < -0.3 is 10.1 Å². The third-order valence-corrected chi connectivity index (χ3v) is 5.43. The Bertz CT molecular complexity index is 766. The molecule has 0 bridgehead atoms. The number of amides is 1. The molecule has 1 amide bonds. The molecular formula is C20H20ClNO3S. The van der Waals surface area contributed by atoms with Crippen molar-refractivity contribution in [3.63, 3.8) is 0 Å². The fourth-order valence-electron chi connectivity index (χ4n) is 3.26. The molecule has 6 heteroatoms. The zero-order chi connectivity index (χ0) is 18.5. The van der Waals surface area contributed by atoms with E-state index in [-0.39, 0.29) is 12.5 Å². The Morgan fingerprint density at radius 2 is 1.69 bits per heavy atom. The lowest BCUT2D eigenvalue weighted by atomic mass is 9.98. The number of carbonyl (C=O) groups is 2. The second-order valence-electron chi connectivity index (χ2n) is 6.11. The van der Waals surface area contributed by atoms with Crippen molar-refractivity contribution >= 4 is 34.7 Å². The highest BCUT2D eigenvalue weighted by Gasteiger charge is 2.29. The van der Waals surface area contributed by atoms with E-state index >= 15 is 0 Å². The van der Waals surface area contributed by atoms with Crippen molar-refractivity contribution in [2.24, 2.45) is 0 Å². The number of rotatable bonds is 7. The van der Waals surface area contributed by atoms with E-state index < -0.39 is 17.4 Å². The normalized spacial score (nSPS) is 13.6. The van der Waals surface area contributed by atoms with Crippen LogP contribution in [-0.2, 0) is 9.53 Å². The molecule has 1 N–H and O–H groups in total. The maximum absolute atomic E-state index is 12.2. The molecule has 0 saturated heterocycles. The highest BCUT2D eigenvalue weighted by molar-refractivity contribution is 7.98. The maximum atomic E-state index is 12.2. The predicted octanol–water partition coefficient (Wildman–Crippen LogP) is 4.41. The van der Waals surface area contributed by atoms with Crippen LogP contribution in [0.3, 0.4) is 0 Å². The van der Waals surface area contributed by atoms with Crippen LogP contribution in [0.25, 0.3) is 11.1 Å². The summed E-state index contributed by atoms with van der Waals surface area (Å²) in [5.41, 5.74) is 4.64. The quantitative estimate of drug-likeness (QED) is 0.712. The van der Waals surface area contributed by atoms with Crippen molar-refractivity contribution in [2.45, 2.75) is 18.4 Å². The summed E-state index contributed by atoms with van der Waals surface area (Å²) >= 11 is 7.16. The van der Waals surface area contributed by atoms with Crippen LogP contribution in [0.1, 0.15) is 23.5 Å². The number of benzene rings is 2. The third-order valence-electron chi connectivity index (χ3n) is 4.52. The second kappa shape index (κ2) is 8.60. The number of halogens is 1. The number of alkyl carbamates (subject to hydrolysis) is 1. The van der Waals surface area contributed by atoms with Crippen molar-refractivity contribution in [3.05, 3.63) is 59.7 Å². The summed E-state index contributed by atoms with van der Waals surface area (Å²) in [6.45, 7) is 0.214. The van der Waals surface area contributed by atoms with Crippen LogP contribution in [0, 0.1) is 0 Å². The number of carbonyl (C=O) groups excluding carboxylic acids is 2. The van der Waals surface area contributed by atoms with Crippen molar-refractivity contribution in [2.75, 3.05) is 18.6 Å². The first-order valence-corrected chi connectivity index (χ1v) is 10.2. The minimum absolute atomic E-state index is 0.00972. The lowest BCUT2D eigenvalue weighted by molar-refractivity contribution is -0.113. The van der Waals surface area contributed by atoms with Gasteiger partial charge >= 0.3 is 6.09 Å². The van der Waals surface area contributed by atoms with Crippen LogP contribution in [-0.4, -0.2) is 36.0 Å². The number of hydrogen-bond donors (Lipinski definition) is 1. The summed E-state index contributed by atoms with van der Waals surface area (Å²) in [5, 5.41) is 1.99. The Hall–Kier alpha value is -1.98. The standard InChI is InChI=1S/C20H20ClNO3S/c1-26-11-10-18(19(21)23)22-20(24)25-12-17-15-8-4-2-6-13(15)14-7-3-5-9-16(14)17/h2-9,17-18H,10-12H2,1H3,(H,22,24).